The molecule has 0 bridgehead atoms. The van der Waals surface area contributed by atoms with Gasteiger partial charge < -0.3 is 14.8 Å². The lowest BCUT2D eigenvalue weighted by atomic mass is 10.2. The molecule has 1 aliphatic heterocycles. The second-order valence-corrected chi connectivity index (χ2v) is 9.03. The number of carbonyl (C=O) groups is 1. The number of nitrogens with zero attached hydrogens (tertiary/aromatic N) is 1. The second-order valence-electron chi connectivity index (χ2n) is 7.13. The van der Waals surface area contributed by atoms with Crippen LogP contribution in [0.4, 0.5) is 5.69 Å². The van der Waals surface area contributed by atoms with Gasteiger partial charge in [0.25, 0.3) is 0 Å². The quantitative estimate of drug-likeness (QED) is 0.624. The second kappa shape index (κ2) is 10.5. The van der Waals surface area contributed by atoms with Crippen LogP contribution in [0.3, 0.4) is 0 Å². The van der Waals surface area contributed by atoms with E-state index >= 15 is 0 Å². The Morgan fingerprint density at radius 1 is 1.10 bits per heavy atom. The summed E-state index contributed by atoms with van der Waals surface area (Å²) in [7, 11) is -2.22. The molecule has 1 N–H and O–H groups in total. The number of hydrogen-bond acceptors (Lipinski definition) is 5. The molecule has 1 fully saturated rings. The Morgan fingerprint density at radius 2 is 1.84 bits per heavy atom. The number of ether oxygens (including phenoxy) is 2. The summed E-state index contributed by atoms with van der Waals surface area (Å²) in [4.78, 5) is 12.5. The maximum Gasteiger partial charge on any atom is 0.248 e. The van der Waals surface area contributed by atoms with E-state index in [4.69, 9.17) is 9.47 Å². The lowest BCUT2D eigenvalue weighted by Crippen LogP contribution is -2.35. The van der Waals surface area contributed by atoms with Crippen LogP contribution < -0.4 is 14.8 Å². The van der Waals surface area contributed by atoms with Crippen LogP contribution in [0.15, 0.2) is 53.4 Å². The predicted molar refractivity (Wildman–Crippen MR) is 121 cm³/mol. The molecule has 1 aliphatic rings. The molecule has 1 amide bonds. The minimum Gasteiger partial charge on any atom is -0.495 e. The van der Waals surface area contributed by atoms with Gasteiger partial charge >= 0.3 is 0 Å². The first kappa shape index (κ1) is 22.8. The van der Waals surface area contributed by atoms with Gasteiger partial charge in [-0.25, -0.2) is 8.42 Å². The molecule has 1 saturated heterocycles. The Kier molecular flexibility index (Phi) is 7.70. The molecular formula is C23H28N2O5S. The zero-order chi connectivity index (χ0) is 22.3. The Hall–Kier alpha value is -2.84. The third-order valence-electron chi connectivity index (χ3n) is 4.99. The first-order chi connectivity index (χ1) is 15.0. The molecule has 0 saturated carbocycles. The summed E-state index contributed by atoms with van der Waals surface area (Å²) in [5.74, 6) is 0.535. The minimum atomic E-state index is -3.67. The lowest BCUT2D eigenvalue weighted by molar-refractivity contribution is -0.111. The van der Waals surface area contributed by atoms with Gasteiger partial charge in [-0.3, -0.25) is 4.79 Å². The number of rotatable bonds is 8. The highest BCUT2D eigenvalue weighted by Gasteiger charge is 2.29. The summed E-state index contributed by atoms with van der Waals surface area (Å²) >= 11 is 0. The first-order valence-electron chi connectivity index (χ1n) is 10.3. The summed E-state index contributed by atoms with van der Waals surface area (Å²) in [5.41, 5.74) is 1.16. The normalized spacial score (nSPS) is 15.0. The summed E-state index contributed by atoms with van der Waals surface area (Å²) in [6, 6.07) is 12.0. The summed E-state index contributed by atoms with van der Waals surface area (Å²) in [6.07, 6.45) is 5.68. The van der Waals surface area contributed by atoms with Gasteiger partial charge in [0.2, 0.25) is 15.9 Å². The van der Waals surface area contributed by atoms with Crippen molar-refractivity contribution in [1.82, 2.24) is 4.31 Å². The SMILES string of the molecule is CCOc1ccccc1NC(=O)/C=C/c1ccc(OC)c(S(=O)(=O)N2CCCCC2)c1. The third kappa shape index (κ3) is 5.65. The van der Waals surface area contributed by atoms with E-state index in [9.17, 15) is 13.2 Å². The van der Waals surface area contributed by atoms with E-state index in [0.29, 0.717) is 36.7 Å². The predicted octanol–water partition coefficient (Wildman–Crippen LogP) is 3.92. The molecule has 2 aromatic rings. The fraction of sp³-hybridized carbons (Fsp3) is 0.348. The smallest absolute Gasteiger partial charge is 0.248 e. The number of amides is 1. The minimum absolute atomic E-state index is 0.112. The van der Waals surface area contributed by atoms with Crippen molar-refractivity contribution in [2.75, 3.05) is 32.1 Å². The van der Waals surface area contributed by atoms with E-state index in [1.165, 1.54) is 17.5 Å². The van der Waals surface area contributed by atoms with Gasteiger partial charge in [-0.05, 0) is 55.7 Å². The molecule has 0 radical (unpaired) electrons. The van der Waals surface area contributed by atoms with Gasteiger partial charge in [0.05, 0.1) is 19.4 Å². The van der Waals surface area contributed by atoms with Gasteiger partial charge in [-0.15, -0.1) is 0 Å². The van der Waals surface area contributed by atoms with Crippen LogP contribution in [0.2, 0.25) is 0 Å². The molecule has 0 atom stereocenters. The van der Waals surface area contributed by atoms with Crippen molar-refractivity contribution < 1.29 is 22.7 Å². The van der Waals surface area contributed by atoms with Gasteiger partial charge in [-0.1, -0.05) is 24.6 Å². The molecule has 2 aromatic carbocycles. The molecule has 7 nitrogen and oxygen atoms in total. The Balaban J connectivity index is 1.80. The van der Waals surface area contributed by atoms with Crippen molar-refractivity contribution >= 4 is 27.7 Å². The van der Waals surface area contributed by atoms with Crippen molar-refractivity contribution in [3.05, 3.63) is 54.1 Å². The highest BCUT2D eigenvalue weighted by Crippen LogP contribution is 2.30. The number of nitrogens with one attached hydrogen (secondary N) is 1. The van der Waals surface area contributed by atoms with Crippen LogP contribution in [-0.2, 0) is 14.8 Å². The Bertz CT molecular complexity index is 1040. The average Bonchev–Trinajstić information content (AvgIpc) is 2.79. The fourth-order valence-corrected chi connectivity index (χ4v) is 5.15. The van der Waals surface area contributed by atoms with Gasteiger partial charge in [0.1, 0.15) is 16.4 Å². The molecule has 8 heteroatoms. The number of piperidine rings is 1. The number of sulfonamides is 1. The Labute approximate surface area is 183 Å². The van der Waals surface area contributed by atoms with Crippen molar-refractivity contribution in [3.8, 4) is 11.5 Å². The number of methoxy groups -OCH3 is 1. The van der Waals surface area contributed by atoms with Gasteiger partial charge in [0, 0.05) is 19.2 Å². The average molecular weight is 445 g/mol. The zero-order valence-corrected chi connectivity index (χ0v) is 18.7. The molecule has 1 heterocycles. The summed E-state index contributed by atoms with van der Waals surface area (Å²) in [6.45, 7) is 3.38. The topological polar surface area (TPSA) is 84.9 Å². The number of hydrogen-bond donors (Lipinski definition) is 1. The highest BCUT2D eigenvalue weighted by molar-refractivity contribution is 7.89. The molecule has 166 valence electrons. The van der Waals surface area contributed by atoms with Crippen LogP contribution in [0.1, 0.15) is 31.7 Å². The monoisotopic (exact) mass is 444 g/mol. The van der Waals surface area contributed by atoms with Crippen molar-refractivity contribution in [2.24, 2.45) is 0 Å². The number of para-hydroxylation sites is 2. The van der Waals surface area contributed by atoms with Crippen LogP contribution >= 0.6 is 0 Å². The number of carbonyl (C=O) groups excluding carboxylic acids is 1. The van der Waals surface area contributed by atoms with E-state index < -0.39 is 10.0 Å². The van der Waals surface area contributed by atoms with Crippen LogP contribution in [0.25, 0.3) is 6.08 Å². The standard InChI is InChI=1S/C23H28N2O5S/c1-3-30-20-10-6-5-9-19(20)24-23(26)14-12-18-11-13-21(29-2)22(17-18)31(27,28)25-15-7-4-8-16-25/h5-6,9-14,17H,3-4,7-8,15-16H2,1-2H3,(H,24,26)/b14-12+. The zero-order valence-electron chi connectivity index (χ0n) is 17.8. The van der Waals surface area contributed by atoms with Crippen LogP contribution in [0.5, 0.6) is 11.5 Å². The number of anilines is 1. The first-order valence-corrected chi connectivity index (χ1v) is 11.8. The van der Waals surface area contributed by atoms with Gasteiger partial charge in [-0.2, -0.15) is 4.31 Å². The van der Waals surface area contributed by atoms with Crippen molar-refractivity contribution in [3.63, 3.8) is 0 Å². The highest BCUT2D eigenvalue weighted by atomic mass is 32.2. The van der Waals surface area contributed by atoms with Gasteiger partial charge in [0.15, 0.2) is 0 Å². The van der Waals surface area contributed by atoms with E-state index in [2.05, 4.69) is 5.32 Å². The summed E-state index contributed by atoms with van der Waals surface area (Å²) in [5, 5.41) is 2.78. The summed E-state index contributed by atoms with van der Waals surface area (Å²) < 4.78 is 38.6. The molecule has 3 rings (SSSR count). The van der Waals surface area contributed by atoms with Crippen LogP contribution in [-0.4, -0.2) is 45.4 Å². The Morgan fingerprint density at radius 3 is 2.55 bits per heavy atom. The maximum atomic E-state index is 13.1. The third-order valence-corrected chi connectivity index (χ3v) is 6.91. The van der Waals surface area contributed by atoms with Crippen molar-refractivity contribution in [2.45, 2.75) is 31.1 Å². The molecule has 0 aromatic heterocycles. The molecule has 0 unspecified atom stereocenters. The molecular weight excluding hydrogens is 416 g/mol. The van der Waals surface area contributed by atoms with E-state index in [0.717, 1.165) is 19.3 Å². The molecule has 31 heavy (non-hydrogen) atoms. The maximum absolute atomic E-state index is 13.1. The molecule has 0 spiro atoms. The van der Waals surface area contributed by atoms with Crippen LogP contribution in [0, 0.1) is 0 Å². The largest absolute Gasteiger partial charge is 0.495 e. The van der Waals surface area contributed by atoms with E-state index in [1.54, 1.807) is 36.4 Å². The van der Waals surface area contributed by atoms with Crippen molar-refractivity contribution in [1.29, 1.82) is 0 Å². The van der Waals surface area contributed by atoms with E-state index in [-0.39, 0.29) is 16.6 Å². The van der Waals surface area contributed by atoms with E-state index in [1.807, 2.05) is 19.1 Å². The fourth-order valence-electron chi connectivity index (χ4n) is 3.44. The number of benzene rings is 2. The molecule has 0 aliphatic carbocycles. The lowest BCUT2D eigenvalue weighted by Gasteiger charge is -2.26.